The van der Waals surface area contributed by atoms with Crippen LogP contribution in [0, 0.1) is 0 Å². The third-order valence-electron chi connectivity index (χ3n) is 3.66. The van der Waals surface area contributed by atoms with E-state index in [0.29, 0.717) is 23.4 Å². The van der Waals surface area contributed by atoms with Gasteiger partial charge in [-0.05, 0) is 30.2 Å². The van der Waals surface area contributed by atoms with E-state index < -0.39 is 11.7 Å². The molecule has 1 aromatic carbocycles. The normalized spacial score (nSPS) is 23.2. The van der Waals surface area contributed by atoms with Crippen molar-refractivity contribution in [3.63, 3.8) is 0 Å². The zero-order chi connectivity index (χ0) is 14.6. The highest BCUT2D eigenvalue weighted by atomic mass is 32.2. The van der Waals surface area contributed by atoms with Crippen LogP contribution in [0.25, 0.3) is 0 Å². The minimum Gasteiger partial charge on any atom is -0.309 e. The van der Waals surface area contributed by atoms with Crippen molar-refractivity contribution in [2.24, 2.45) is 0 Å². The fraction of sp³-hybridized carbons (Fsp3) is 0.600. The summed E-state index contributed by atoms with van der Waals surface area (Å²) in [6.07, 6.45) is -0.725. The number of benzene rings is 1. The van der Waals surface area contributed by atoms with E-state index in [1.165, 1.54) is 25.0 Å². The van der Waals surface area contributed by atoms with E-state index in [9.17, 15) is 13.2 Å². The van der Waals surface area contributed by atoms with Gasteiger partial charge in [0.1, 0.15) is 0 Å². The second-order valence-corrected chi connectivity index (χ2v) is 6.63. The summed E-state index contributed by atoms with van der Waals surface area (Å²) in [4.78, 5) is 0. The van der Waals surface area contributed by atoms with Gasteiger partial charge in [0.2, 0.25) is 0 Å². The number of halogens is 3. The molecule has 0 bridgehead atoms. The van der Waals surface area contributed by atoms with Gasteiger partial charge >= 0.3 is 6.18 Å². The molecule has 2 unspecified atom stereocenters. The Morgan fingerprint density at radius 3 is 2.80 bits per heavy atom. The fourth-order valence-electron chi connectivity index (χ4n) is 2.68. The number of hydrogen-bond donors (Lipinski definition) is 1. The summed E-state index contributed by atoms with van der Waals surface area (Å²) in [6, 6.07) is 6.01. The molecule has 1 fully saturated rings. The molecule has 2 atom stereocenters. The molecule has 20 heavy (non-hydrogen) atoms. The van der Waals surface area contributed by atoms with Crippen LogP contribution in [0.15, 0.2) is 24.3 Å². The zero-order valence-electron chi connectivity index (χ0n) is 11.5. The van der Waals surface area contributed by atoms with Crippen molar-refractivity contribution in [3.05, 3.63) is 35.4 Å². The third-order valence-corrected chi connectivity index (χ3v) is 4.98. The van der Waals surface area contributed by atoms with Gasteiger partial charge < -0.3 is 5.32 Å². The molecule has 1 saturated carbocycles. The number of alkyl halides is 3. The lowest BCUT2D eigenvalue weighted by Crippen LogP contribution is -2.33. The van der Waals surface area contributed by atoms with Crippen LogP contribution in [0.5, 0.6) is 0 Å². The van der Waals surface area contributed by atoms with E-state index in [1.54, 1.807) is 6.07 Å². The quantitative estimate of drug-likeness (QED) is 0.861. The summed E-state index contributed by atoms with van der Waals surface area (Å²) < 4.78 is 37.9. The van der Waals surface area contributed by atoms with Crippen LogP contribution >= 0.6 is 11.8 Å². The number of nitrogens with one attached hydrogen (secondary N) is 1. The topological polar surface area (TPSA) is 12.0 Å². The van der Waals surface area contributed by atoms with E-state index in [0.717, 1.165) is 18.2 Å². The Morgan fingerprint density at radius 2 is 2.10 bits per heavy atom. The minimum atomic E-state index is -4.26. The molecule has 5 heteroatoms. The molecule has 0 heterocycles. The standard InChI is InChI=1S/C15H20F3NS/c1-2-20-14-8-4-7-13(14)19-10-11-5-3-6-12(9-11)15(16,17)18/h3,5-6,9,13-14,19H,2,4,7-8,10H2,1H3. The highest BCUT2D eigenvalue weighted by molar-refractivity contribution is 7.99. The van der Waals surface area contributed by atoms with Crippen LogP contribution < -0.4 is 5.32 Å². The van der Waals surface area contributed by atoms with Crippen molar-refractivity contribution in [2.75, 3.05) is 5.75 Å². The summed E-state index contributed by atoms with van der Waals surface area (Å²) in [5.41, 5.74) is 0.134. The molecule has 1 aromatic rings. The average Bonchev–Trinajstić information content (AvgIpc) is 2.84. The first-order valence-corrected chi connectivity index (χ1v) is 8.06. The molecule has 1 nitrogen and oxygen atoms in total. The van der Waals surface area contributed by atoms with Crippen molar-refractivity contribution in [2.45, 2.75) is 50.2 Å². The van der Waals surface area contributed by atoms with Crippen LogP contribution in [0.1, 0.15) is 37.3 Å². The van der Waals surface area contributed by atoms with Crippen molar-refractivity contribution in [3.8, 4) is 0 Å². The first kappa shape index (κ1) is 15.7. The summed E-state index contributed by atoms with van der Waals surface area (Å²) in [7, 11) is 0. The molecule has 1 aliphatic carbocycles. The Kier molecular flexibility index (Phi) is 5.38. The third kappa shape index (κ3) is 4.16. The monoisotopic (exact) mass is 303 g/mol. The predicted molar refractivity (Wildman–Crippen MR) is 77.8 cm³/mol. The van der Waals surface area contributed by atoms with E-state index in [-0.39, 0.29) is 0 Å². The molecular formula is C15H20F3NS. The molecule has 0 amide bonds. The second-order valence-electron chi connectivity index (χ2n) is 5.11. The van der Waals surface area contributed by atoms with Crippen molar-refractivity contribution in [1.82, 2.24) is 5.32 Å². The molecule has 0 aliphatic heterocycles. The maximum absolute atomic E-state index is 12.6. The highest BCUT2D eigenvalue weighted by Crippen LogP contribution is 2.31. The van der Waals surface area contributed by atoms with Crippen LogP contribution in [0.3, 0.4) is 0 Å². The SMILES string of the molecule is CCSC1CCCC1NCc1cccc(C(F)(F)F)c1. The molecule has 0 spiro atoms. The Balaban J connectivity index is 1.94. The summed E-state index contributed by atoms with van der Waals surface area (Å²) in [5, 5.41) is 4.03. The molecule has 112 valence electrons. The Bertz CT molecular complexity index is 433. The number of thioether (sulfide) groups is 1. The van der Waals surface area contributed by atoms with E-state index in [2.05, 4.69) is 12.2 Å². The van der Waals surface area contributed by atoms with Gasteiger partial charge in [0.25, 0.3) is 0 Å². The maximum Gasteiger partial charge on any atom is 0.416 e. The number of hydrogen-bond acceptors (Lipinski definition) is 2. The van der Waals surface area contributed by atoms with Crippen molar-refractivity contribution in [1.29, 1.82) is 0 Å². The number of rotatable bonds is 5. The molecule has 1 N–H and O–H groups in total. The van der Waals surface area contributed by atoms with Gasteiger partial charge in [-0.15, -0.1) is 0 Å². The molecule has 0 saturated heterocycles. The highest BCUT2D eigenvalue weighted by Gasteiger charge is 2.30. The first-order valence-electron chi connectivity index (χ1n) is 7.02. The Labute approximate surface area is 122 Å². The molecule has 0 radical (unpaired) electrons. The fourth-order valence-corrected chi connectivity index (χ4v) is 3.91. The van der Waals surface area contributed by atoms with Crippen LogP contribution in [-0.4, -0.2) is 17.0 Å². The van der Waals surface area contributed by atoms with E-state index in [1.807, 2.05) is 11.8 Å². The van der Waals surface area contributed by atoms with Gasteiger partial charge in [0.15, 0.2) is 0 Å². The van der Waals surface area contributed by atoms with Crippen LogP contribution in [0.2, 0.25) is 0 Å². The van der Waals surface area contributed by atoms with E-state index in [4.69, 9.17) is 0 Å². The molecule has 1 aliphatic rings. The smallest absolute Gasteiger partial charge is 0.309 e. The van der Waals surface area contributed by atoms with E-state index >= 15 is 0 Å². The van der Waals surface area contributed by atoms with Gasteiger partial charge in [-0.1, -0.05) is 31.5 Å². The molecular weight excluding hydrogens is 283 g/mol. The lowest BCUT2D eigenvalue weighted by molar-refractivity contribution is -0.137. The molecule has 2 rings (SSSR count). The van der Waals surface area contributed by atoms with Gasteiger partial charge in [-0.25, -0.2) is 0 Å². The van der Waals surface area contributed by atoms with Crippen LogP contribution in [-0.2, 0) is 12.7 Å². The summed E-state index contributed by atoms with van der Waals surface area (Å²) in [5.74, 6) is 1.09. The van der Waals surface area contributed by atoms with Gasteiger partial charge in [0, 0.05) is 17.8 Å². The lowest BCUT2D eigenvalue weighted by Gasteiger charge is -2.20. The Hall–Kier alpha value is -0.680. The predicted octanol–water partition coefficient (Wildman–Crippen LogP) is 4.47. The van der Waals surface area contributed by atoms with Crippen molar-refractivity contribution < 1.29 is 13.2 Å². The largest absolute Gasteiger partial charge is 0.416 e. The average molecular weight is 303 g/mol. The lowest BCUT2D eigenvalue weighted by atomic mass is 10.1. The zero-order valence-corrected chi connectivity index (χ0v) is 12.4. The summed E-state index contributed by atoms with van der Waals surface area (Å²) >= 11 is 1.95. The second kappa shape index (κ2) is 6.85. The summed E-state index contributed by atoms with van der Waals surface area (Å²) in [6.45, 7) is 2.65. The van der Waals surface area contributed by atoms with Gasteiger partial charge in [0.05, 0.1) is 5.56 Å². The maximum atomic E-state index is 12.6. The Morgan fingerprint density at radius 1 is 1.30 bits per heavy atom. The molecule has 0 aromatic heterocycles. The van der Waals surface area contributed by atoms with Gasteiger partial charge in [-0.3, -0.25) is 0 Å². The first-order chi connectivity index (χ1) is 9.50. The van der Waals surface area contributed by atoms with Gasteiger partial charge in [-0.2, -0.15) is 24.9 Å². The van der Waals surface area contributed by atoms with Crippen molar-refractivity contribution >= 4 is 11.8 Å². The minimum absolute atomic E-state index is 0.425. The van der Waals surface area contributed by atoms with Crippen LogP contribution in [0.4, 0.5) is 13.2 Å².